The van der Waals surface area contributed by atoms with E-state index in [1.54, 1.807) is 29.2 Å². The van der Waals surface area contributed by atoms with Gasteiger partial charge in [0.25, 0.3) is 5.91 Å². The van der Waals surface area contributed by atoms with E-state index in [1.807, 2.05) is 13.8 Å². The number of nitrogens with one attached hydrogen (secondary N) is 2. The second kappa shape index (κ2) is 11.7. The summed E-state index contributed by atoms with van der Waals surface area (Å²) in [4.78, 5) is 37.7. The number of carbonyl (C=O) groups excluding carboxylic acids is 3. The molecule has 0 aliphatic heterocycles. The van der Waals surface area contributed by atoms with Crippen LogP contribution in [-0.4, -0.2) is 62.1 Å². The van der Waals surface area contributed by atoms with Crippen LogP contribution in [0.15, 0.2) is 34.6 Å². The summed E-state index contributed by atoms with van der Waals surface area (Å²) in [5.41, 5.74) is 4.98. The van der Waals surface area contributed by atoms with E-state index in [9.17, 15) is 14.4 Å². The minimum Gasteiger partial charge on any atom is -0.343 e. The Morgan fingerprint density at radius 2 is 1.60 bits per heavy atom. The molecule has 30 heavy (non-hydrogen) atoms. The summed E-state index contributed by atoms with van der Waals surface area (Å²) in [6.45, 7) is 5.09. The molecule has 2 aromatic rings. The van der Waals surface area contributed by atoms with Crippen molar-refractivity contribution < 1.29 is 14.4 Å². The topological polar surface area (TPSA) is 135 Å². The molecule has 4 N–H and O–H groups in total. The summed E-state index contributed by atoms with van der Waals surface area (Å²) in [6.07, 6.45) is 0. The van der Waals surface area contributed by atoms with Gasteiger partial charge in [-0.2, -0.15) is 0 Å². The van der Waals surface area contributed by atoms with Gasteiger partial charge in [0.15, 0.2) is 0 Å². The first-order valence-corrected chi connectivity index (χ1v) is 11.3. The molecular formula is C17H22ClN7O3S2. The second-order valence-electron chi connectivity index (χ2n) is 5.79. The van der Waals surface area contributed by atoms with Crippen LogP contribution in [0.5, 0.6) is 0 Å². The van der Waals surface area contributed by atoms with E-state index in [2.05, 4.69) is 21.0 Å². The van der Waals surface area contributed by atoms with E-state index in [4.69, 9.17) is 17.4 Å². The molecule has 3 amide bonds. The highest BCUT2D eigenvalue weighted by Crippen LogP contribution is 2.20. The summed E-state index contributed by atoms with van der Waals surface area (Å²) in [5, 5.41) is 9.06. The van der Waals surface area contributed by atoms with E-state index in [1.165, 1.54) is 16.4 Å². The first kappa shape index (κ1) is 23.8. The Balaban J connectivity index is 1.79. The molecule has 0 unspecified atom stereocenters. The zero-order valence-electron chi connectivity index (χ0n) is 16.4. The van der Waals surface area contributed by atoms with Crippen LogP contribution in [0.3, 0.4) is 0 Å². The van der Waals surface area contributed by atoms with E-state index < -0.39 is 11.8 Å². The standard InChI is InChI=1S/C17H22ClN7O3S2/c1-3-24(4-2)14(27)10-30-17-23-22-16(25(17)19)29-9-13(26)20-21-15(28)11-5-7-12(18)8-6-11/h5-8H,3-4,9-10,19H2,1-2H3,(H,20,26)(H,21,28). The molecular weight excluding hydrogens is 450 g/mol. The van der Waals surface area contributed by atoms with Crippen molar-refractivity contribution in [2.45, 2.75) is 24.2 Å². The fourth-order valence-electron chi connectivity index (χ4n) is 2.22. The van der Waals surface area contributed by atoms with Gasteiger partial charge in [-0.15, -0.1) is 10.2 Å². The van der Waals surface area contributed by atoms with Gasteiger partial charge in [-0.3, -0.25) is 25.2 Å². The largest absolute Gasteiger partial charge is 0.343 e. The minimum atomic E-state index is -0.469. The SMILES string of the molecule is CCN(CC)C(=O)CSc1nnc(SCC(=O)NNC(=O)c2ccc(Cl)cc2)n1N. The zero-order chi connectivity index (χ0) is 22.1. The number of nitrogens with two attached hydrogens (primary N) is 1. The van der Waals surface area contributed by atoms with Gasteiger partial charge in [0.1, 0.15) is 0 Å². The summed E-state index contributed by atoms with van der Waals surface area (Å²) >= 11 is 8.00. The Labute approximate surface area is 187 Å². The number of benzene rings is 1. The Morgan fingerprint density at radius 1 is 1.03 bits per heavy atom. The quantitative estimate of drug-likeness (QED) is 0.281. The molecule has 162 valence electrons. The van der Waals surface area contributed by atoms with Crippen molar-refractivity contribution in [3.8, 4) is 0 Å². The summed E-state index contributed by atoms with van der Waals surface area (Å²) in [5.74, 6) is 5.16. The van der Waals surface area contributed by atoms with Gasteiger partial charge in [-0.05, 0) is 38.1 Å². The predicted octanol–water partition coefficient (Wildman–Crippen LogP) is 1.16. The lowest BCUT2D eigenvalue weighted by Crippen LogP contribution is -2.42. The van der Waals surface area contributed by atoms with Crippen molar-refractivity contribution in [3.05, 3.63) is 34.9 Å². The fourth-order valence-corrected chi connectivity index (χ4v) is 3.82. The van der Waals surface area contributed by atoms with Crippen LogP contribution in [0.25, 0.3) is 0 Å². The number of nitrogen functional groups attached to an aromatic ring is 1. The number of aromatic nitrogens is 3. The second-order valence-corrected chi connectivity index (χ2v) is 8.11. The number of nitrogens with zero attached hydrogens (tertiary/aromatic N) is 4. The van der Waals surface area contributed by atoms with Crippen LogP contribution in [0.2, 0.25) is 5.02 Å². The smallest absolute Gasteiger partial charge is 0.269 e. The maximum absolute atomic E-state index is 12.1. The number of rotatable bonds is 9. The molecule has 0 saturated heterocycles. The van der Waals surface area contributed by atoms with Crippen LogP contribution >= 0.6 is 35.1 Å². The van der Waals surface area contributed by atoms with Gasteiger partial charge in [-0.25, -0.2) is 4.68 Å². The summed E-state index contributed by atoms with van der Waals surface area (Å²) in [7, 11) is 0. The number of hydrogen-bond acceptors (Lipinski definition) is 8. The highest BCUT2D eigenvalue weighted by Gasteiger charge is 2.16. The summed E-state index contributed by atoms with van der Waals surface area (Å²) < 4.78 is 1.23. The lowest BCUT2D eigenvalue weighted by Gasteiger charge is -2.17. The average molecular weight is 472 g/mol. The van der Waals surface area contributed by atoms with Gasteiger partial charge >= 0.3 is 0 Å². The molecule has 1 heterocycles. The van der Waals surface area contributed by atoms with Crippen molar-refractivity contribution in [1.29, 1.82) is 0 Å². The Hall–Kier alpha value is -2.44. The Kier molecular flexibility index (Phi) is 9.27. The third kappa shape index (κ3) is 6.82. The van der Waals surface area contributed by atoms with Crippen molar-refractivity contribution in [2.24, 2.45) is 0 Å². The molecule has 0 radical (unpaired) electrons. The van der Waals surface area contributed by atoms with E-state index in [0.29, 0.717) is 34.0 Å². The third-order valence-corrected chi connectivity index (χ3v) is 5.95. The van der Waals surface area contributed by atoms with Crippen molar-refractivity contribution in [3.63, 3.8) is 0 Å². The van der Waals surface area contributed by atoms with E-state index >= 15 is 0 Å². The molecule has 1 aromatic heterocycles. The zero-order valence-corrected chi connectivity index (χ0v) is 18.8. The van der Waals surface area contributed by atoms with Gasteiger partial charge in [0, 0.05) is 23.7 Å². The molecule has 0 aliphatic carbocycles. The average Bonchev–Trinajstić information content (AvgIpc) is 3.09. The van der Waals surface area contributed by atoms with Gasteiger partial charge < -0.3 is 10.7 Å². The Bertz CT molecular complexity index is 888. The monoisotopic (exact) mass is 471 g/mol. The molecule has 2 rings (SSSR count). The molecule has 13 heteroatoms. The normalized spacial score (nSPS) is 10.5. The Morgan fingerprint density at radius 3 is 2.17 bits per heavy atom. The summed E-state index contributed by atoms with van der Waals surface area (Å²) in [6, 6.07) is 6.24. The fraction of sp³-hybridized carbons (Fsp3) is 0.353. The van der Waals surface area contributed by atoms with Crippen LogP contribution < -0.4 is 16.7 Å². The maximum Gasteiger partial charge on any atom is 0.269 e. The number of hydrazine groups is 1. The van der Waals surface area contributed by atoms with Crippen molar-refractivity contribution in [2.75, 3.05) is 30.4 Å². The predicted molar refractivity (Wildman–Crippen MR) is 117 cm³/mol. The molecule has 0 atom stereocenters. The molecule has 0 aliphatic rings. The molecule has 0 spiro atoms. The van der Waals surface area contributed by atoms with Crippen LogP contribution in [0, 0.1) is 0 Å². The third-order valence-electron chi connectivity index (χ3n) is 3.83. The first-order chi connectivity index (χ1) is 14.3. The highest BCUT2D eigenvalue weighted by atomic mass is 35.5. The van der Waals surface area contributed by atoms with Crippen LogP contribution in [-0.2, 0) is 9.59 Å². The van der Waals surface area contributed by atoms with Crippen molar-refractivity contribution >= 4 is 52.8 Å². The first-order valence-electron chi connectivity index (χ1n) is 8.94. The number of amides is 3. The molecule has 0 bridgehead atoms. The molecule has 0 fully saturated rings. The molecule has 0 saturated carbocycles. The lowest BCUT2D eigenvalue weighted by atomic mass is 10.2. The highest BCUT2D eigenvalue weighted by molar-refractivity contribution is 8.00. The number of carbonyl (C=O) groups is 3. The van der Waals surface area contributed by atoms with Crippen LogP contribution in [0.1, 0.15) is 24.2 Å². The van der Waals surface area contributed by atoms with Crippen molar-refractivity contribution in [1.82, 2.24) is 30.6 Å². The number of thioether (sulfide) groups is 2. The van der Waals surface area contributed by atoms with Gasteiger partial charge in [-0.1, -0.05) is 35.1 Å². The maximum atomic E-state index is 12.1. The molecule has 10 nitrogen and oxygen atoms in total. The van der Waals surface area contributed by atoms with Crippen LogP contribution in [0.4, 0.5) is 0 Å². The van der Waals surface area contributed by atoms with Gasteiger partial charge in [0.05, 0.1) is 11.5 Å². The lowest BCUT2D eigenvalue weighted by molar-refractivity contribution is -0.128. The molecule has 1 aromatic carbocycles. The van der Waals surface area contributed by atoms with Gasteiger partial charge in [0.2, 0.25) is 22.1 Å². The number of hydrogen-bond donors (Lipinski definition) is 3. The van der Waals surface area contributed by atoms with E-state index in [-0.39, 0.29) is 17.4 Å². The number of halogens is 1. The minimum absolute atomic E-state index is 0.0157. The van der Waals surface area contributed by atoms with E-state index in [0.717, 1.165) is 11.8 Å².